The molecule has 1 fully saturated rings. The van der Waals surface area contributed by atoms with Gasteiger partial charge in [-0.3, -0.25) is 9.59 Å². The summed E-state index contributed by atoms with van der Waals surface area (Å²) in [6.07, 6.45) is 0.437. The zero-order valence-corrected chi connectivity index (χ0v) is 13.5. The van der Waals surface area contributed by atoms with Crippen molar-refractivity contribution in [3.63, 3.8) is 0 Å². The van der Waals surface area contributed by atoms with E-state index in [0.717, 1.165) is 0 Å². The minimum atomic E-state index is -0.967. The number of aromatic nitrogens is 2. The topological polar surface area (TPSA) is 75.4 Å². The summed E-state index contributed by atoms with van der Waals surface area (Å²) in [7, 11) is 0. The van der Waals surface area contributed by atoms with Crippen LogP contribution in [-0.4, -0.2) is 44.4 Å². The lowest BCUT2D eigenvalue weighted by atomic mass is 10.1. The molecule has 1 amide bonds. The van der Waals surface area contributed by atoms with E-state index in [1.165, 1.54) is 27.8 Å². The van der Waals surface area contributed by atoms with Crippen molar-refractivity contribution in [1.29, 1.82) is 0 Å². The Morgan fingerprint density at radius 1 is 1.38 bits per heavy atom. The van der Waals surface area contributed by atoms with E-state index in [9.17, 15) is 19.1 Å². The lowest BCUT2D eigenvalue weighted by Crippen LogP contribution is -2.37. The molecular weight excluding hydrogens is 313 g/mol. The minimum Gasteiger partial charge on any atom is -0.388 e. The molecule has 2 heterocycles. The molecule has 2 aromatic rings. The molecule has 1 atom stereocenters. The van der Waals surface area contributed by atoms with Crippen LogP contribution in [0, 0.1) is 12.7 Å². The number of hydrogen-bond donors (Lipinski definition) is 1. The maximum absolute atomic E-state index is 14.0. The van der Waals surface area contributed by atoms with Crippen LogP contribution in [0.25, 0.3) is 5.69 Å². The van der Waals surface area contributed by atoms with E-state index >= 15 is 0 Å². The molecule has 126 valence electrons. The van der Waals surface area contributed by atoms with Gasteiger partial charge in [0.15, 0.2) is 5.69 Å². The Balaban J connectivity index is 2.04. The average Bonchev–Trinajstić information content (AvgIpc) is 2.88. The molecule has 0 saturated carbocycles. The molecule has 1 aliphatic rings. The number of aryl methyl sites for hydroxylation is 1. The minimum absolute atomic E-state index is 0.139. The summed E-state index contributed by atoms with van der Waals surface area (Å²) in [6, 6.07) is 7.27. The van der Waals surface area contributed by atoms with Crippen molar-refractivity contribution in [3.8, 4) is 5.69 Å². The fraction of sp³-hybridized carbons (Fsp3) is 0.353. The van der Waals surface area contributed by atoms with Gasteiger partial charge in [-0.2, -0.15) is 5.10 Å². The zero-order valence-electron chi connectivity index (χ0n) is 13.5. The van der Waals surface area contributed by atoms with Gasteiger partial charge in [-0.15, -0.1) is 0 Å². The maximum atomic E-state index is 14.0. The first-order valence-corrected chi connectivity index (χ1v) is 7.66. The third-order valence-electron chi connectivity index (χ3n) is 4.13. The molecule has 0 bridgehead atoms. The summed E-state index contributed by atoms with van der Waals surface area (Å²) in [5.41, 5.74) is -1.17. The summed E-state index contributed by atoms with van der Waals surface area (Å²) in [4.78, 5) is 26.2. The number of amides is 1. The van der Waals surface area contributed by atoms with Gasteiger partial charge in [0.25, 0.3) is 5.91 Å². The Kier molecular flexibility index (Phi) is 3.96. The first kappa shape index (κ1) is 16.3. The summed E-state index contributed by atoms with van der Waals surface area (Å²) < 4.78 is 15.3. The number of hydrogen-bond acceptors (Lipinski definition) is 4. The van der Waals surface area contributed by atoms with Gasteiger partial charge in [0, 0.05) is 24.8 Å². The zero-order chi connectivity index (χ0) is 17.5. The molecule has 0 spiro atoms. The Labute approximate surface area is 138 Å². The largest absolute Gasteiger partial charge is 0.388 e. The van der Waals surface area contributed by atoms with Crippen molar-refractivity contribution in [2.45, 2.75) is 25.9 Å². The predicted molar refractivity (Wildman–Crippen MR) is 85.7 cm³/mol. The fourth-order valence-corrected chi connectivity index (χ4v) is 2.83. The standard InChI is InChI=1S/C17H18FN3O3/c1-11-9-14(22)15(16(23)20-8-7-17(2,24)10-20)19-21(11)13-6-4-3-5-12(13)18/h3-6,9,24H,7-8,10H2,1-2H3. The SMILES string of the molecule is Cc1cc(=O)c(C(=O)N2CCC(C)(O)C2)nn1-c1ccccc1F. The normalized spacial score (nSPS) is 20.4. The van der Waals surface area contributed by atoms with E-state index in [-0.39, 0.29) is 17.9 Å². The smallest absolute Gasteiger partial charge is 0.278 e. The second kappa shape index (κ2) is 5.83. The molecule has 0 radical (unpaired) electrons. The highest BCUT2D eigenvalue weighted by atomic mass is 19.1. The van der Waals surface area contributed by atoms with Crippen molar-refractivity contribution in [3.05, 3.63) is 57.8 Å². The van der Waals surface area contributed by atoms with Crippen LogP contribution >= 0.6 is 0 Å². The van der Waals surface area contributed by atoms with Gasteiger partial charge in [0.2, 0.25) is 5.43 Å². The Hall–Kier alpha value is -2.54. The molecule has 3 rings (SSSR count). The van der Waals surface area contributed by atoms with Crippen LogP contribution in [-0.2, 0) is 0 Å². The van der Waals surface area contributed by atoms with Crippen LogP contribution in [0.3, 0.4) is 0 Å². The monoisotopic (exact) mass is 331 g/mol. The van der Waals surface area contributed by atoms with Crippen molar-refractivity contribution in [2.24, 2.45) is 0 Å². The fourth-order valence-electron chi connectivity index (χ4n) is 2.83. The molecule has 24 heavy (non-hydrogen) atoms. The quantitative estimate of drug-likeness (QED) is 0.899. The molecule has 1 unspecified atom stereocenters. The first-order valence-electron chi connectivity index (χ1n) is 7.66. The Bertz CT molecular complexity index is 860. The summed E-state index contributed by atoms with van der Waals surface area (Å²) in [5.74, 6) is -1.05. The maximum Gasteiger partial charge on any atom is 0.278 e. The molecular formula is C17H18FN3O3. The lowest BCUT2D eigenvalue weighted by molar-refractivity contribution is 0.0567. The van der Waals surface area contributed by atoms with E-state index in [1.54, 1.807) is 26.0 Å². The molecule has 1 aliphatic heterocycles. The number of aliphatic hydroxyl groups is 1. The van der Waals surface area contributed by atoms with Gasteiger partial charge >= 0.3 is 0 Å². The van der Waals surface area contributed by atoms with Crippen LogP contribution < -0.4 is 5.43 Å². The summed E-state index contributed by atoms with van der Waals surface area (Å²) in [6.45, 7) is 3.75. The average molecular weight is 331 g/mol. The number of nitrogens with zero attached hydrogens (tertiary/aromatic N) is 3. The van der Waals surface area contributed by atoms with Gasteiger partial charge in [-0.05, 0) is 32.4 Å². The highest BCUT2D eigenvalue weighted by Gasteiger charge is 2.35. The number of para-hydroxylation sites is 1. The number of likely N-dealkylation sites (tertiary alicyclic amines) is 1. The van der Waals surface area contributed by atoms with Crippen molar-refractivity contribution >= 4 is 5.91 Å². The van der Waals surface area contributed by atoms with Gasteiger partial charge in [0.1, 0.15) is 11.5 Å². The third-order valence-corrected chi connectivity index (χ3v) is 4.13. The van der Waals surface area contributed by atoms with E-state index in [1.807, 2.05) is 0 Å². The molecule has 1 aromatic heterocycles. The highest BCUT2D eigenvalue weighted by molar-refractivity contribution is 5.92. The number of carbonyl (C=O) groups excluding carboxylic acids is 1. The van der Waals surface area contributed by atoms with Crippen molar-refractivity contribution in [1.82, 2.24) is 14.7 Å². The summed E-state index contributed by atoms with van der Waals surface area (Å²) in [5, 5.41) is 14.1. The van der Waals surface area contributed by atoms with E-state index < -0.39 is 22.8 Å². The van der Waals surface area contributed by atoms with Gasteiger partial charge in [0.05, 0.1) is 5.60 Å². The Morgan fingerprint density at radius 3 is 2.71 bits per heavy atom. The number of benzene rings is 1. The third kappa shape index (κ3) is 2.94. The summed E-state index contributed by atoms with van der Waals surface area (Å²) >= 11 is 0. The molecule has 1 N–H and O–H groups in total. The first-order chi connectivity index (χ1) is 11.3. The number of rotatable bonds is 2. The van der Waals surface area contributed by atoms with Gasteiger partial charge in [-0.1, -0.05) is 12.1 Å². The highest BCUT2D eigenvalue weighted by Crippen LogP contribution is 2.21. The van der Waals surface area contributed by atoms with Gasteiger partial charge < -0.3 is 10.0 Å². The van der Waals surface area contributed by atoms with Crippen LogP contribution in [0.4, 0.5) is 4.39 Å². The van der Waals surface area contributed by atoms with Crippen molar-refractivity contribution in [2.75, 3.05) is 13.1 Å². The lowest BCUT2D eigenvalue weighted by Gasteiger charge is -2.19. The van der Waals surface area contributed by atoms with Crippen LogP contribution in [0.2, 0.25) is 0 Å². The molecule has 0 aliphatic carbocycles. The number of β-amino-alcohol motifs (C(OH)–C–C–N with tert-alkyl or cyclic N) is 1. The Morgan fingerprint density at radius 2 is 2.08 bits per heavy atom. The van der Waals surface area contributed by atoms with Crippen LogP contribution in [0.15, 0.2) is 35.1 Å². The predicted octanol–water partition coefficient (Wildman–Crippen LogP) is 1.28. The van der Waals surface area contributed by atoms with Crippen molar-refractivity contribution < 1.29 is 14.3 Å². The molecule has 7 heteroatoms. The van der Waals surface area contributed by atoms with E-state index in [2.05, 4.69) is 5.10 Å². The van der Waals surface area contributed by atoms with E-state index in [0.29, 0.717) is 18.7 Å². The molecule has 1 aromatic carbocycles. The molecule has 1 saturated heterocycles. The second-order valence-corrected chi connectivity index (χ2v) is 6.34. The second-order valence-electron chi connectivity index (χ2n) is 6.34. The van der Waals surface area contributed by atoms with Crippen LogP contribution in [0.1, 0.15) is 29.5 Å². The number of halogens is 1. The van der Waals surface area contributed by atoms with E-state index in [4.69, 9.17) is 0 Å². The van der Waals surface area contributed by atoms with Gasteiger partial charge in [-0.25, -0.2) is 9.07 Å². The molecule has 6 nitrogen and oxygen atoms in total. The number of carbonyl (C=O) groups is 1. The van der Waals surface area contributed by atoms with Crippen LogP contribution in [0.5, 0.6) is 0 Å².